The highest BCUT2D eigenvalue weighted by molar-refractivity contribution is 5.92. The van der Waals surface area contributed by atoms with Gasteiger partial charge in [-0.05, 0) is 26.0 Å². The van der Waals surface area contributed by atoms with Crippen LogP contribution in [0.15, 0.2) is 30.5 Å². The molecule has 6 heteroatoms. The summed E-state index contributed by atoms with van der Waals surface area (Å²) >= 11 is 0. The summed E-state index contributed by atoms with van der Waals surface area (Å²) in [6.07, 6.45) is 1.41. The van der Waals surface area contributed by atoms with Crippen LogP contribution in [-0.2, 0) is 0 Å². The second-order valence-corrected chi connectivity index (χ2v) is 4.00. The lowest BCUT2D eigenvalue weighted by Gasteiger charge is -2.18. The molecule has 0 atom stereocenters. The van der Waals surface area contributed by atoms with Crippen molar-refractivity contribution in [2.24, 2.45) is 0 Å². The molecule has 0 aliphatic rings. The second-order valence-electron chi connectivity index (χ2n) is 4.00. The number of phenolic OH excluding ortho intramolecular Hbond substituents is 1. The van der Waals surface area contributed by atoms with E-state index in [0.717, 1.165) is 0 Å². The fourth-order valence-corrected chi connectivity index (χ4v) is 1.87. The maximum absolute atomic E-state index is 12.3. The standard InChI is InChI=1S/C13H16N4O2/c1-3-16(4-2)13(19)11-9-14-15-17(11)10-7-5-6-8-12(10)18/h5-9,18H,3-4H2,1-2H3. The number of rotatable bonds is 4. The van der Waals surface area contributed by atoms with E-state index in [0.29, 0.717) is 24.5 Å². The van der Waals surface area contributed by atoms with Crippen LogP contribution in [0, 0.1) is 0 Å². The molecule has 1 heterocycles. The number of carbonyl (C=O) groups is 1. The molecule has 2 aromatic rings. The molecular formula is C13H16N4O2. The van der Waals surface area contributed by atoms with E-state index in [-0.39, 0.29) is 11.7 Å². The van der Waals surface area contributed by atoms with Gasteiger partial charge in [0.25, 0.3) is 5.91 Å². The molecule has 0 unspecified atom stereocenters. The molecule has 0 bridgehead atoms. The van der Waals surface area contributed by atoms with Crippen LogP contribution in [0.25, 0.3) is 5.69 Å². The molecule has 1 amide bonds. The minimum absolute atomic E-state index is 0.0570. The van der Waals surface area contributed by atoms with E-state index in [1.807, 2.05) is 13.8 Å². The number of amides is 1. The number of aromatic hydroxyl groups is 1. The third-order valence-electron chi connectivity index (χ3n) is 2.93. The van der Waals surface area contributed by atoms with Crippen molar-refractivity contribution in [3.05, 3.63) is 36.2 Å². The largest absolute Gasteiger partial charge is 0.506 e. The van der Waals surface area contributed by atoms with Crippen molar-refractivity contribution in [1.82, 2.24) is 19.9 Å². The molecular weight excluding hydrogens is 244 g/mol. The van der Waals surface area contributed by atoms with Gasteiger partial charge >= 0.3 is 0 Å². The van der Waals surface area contributed by atoms with Crippen molar-refractivity contribution in [2.75, 3.05) is 13.1 Å². The maximum atomic E-state index is 12.3. The van der Waals surface area contributed by atoms with Gasteiger partial charge in [-0.15, -0.1) is 5.10 Å². The molecule has 0 radical (unpaired) electrons. The Balaban J connectivity index is 2.44. The number of aromatic nitrogens is 3. The number of hydrogen-bond donors (Lipinski definition) is 1. The summed E-state index contributed by atoms with van der Waals surface area (Å²) in [5.41, 5.74) is 0.778. The normalized spacial score (nSPS) is 10.4. The van der Waals surface area contributed by atoms with Gasteiger partial charge in [-0.3, -0.25) is 4.79 Å². The predicted molar refractivity (Wildman–Crippen MR) is 70.3 cm³/mol. The average molecular weight is 260 g/mol. The highest BCUT2D eigenvalue weighted by Crippen LogP contribution is 2.21. The van der Waals surface area contributed by atoms with E-state index in [9.17, 15) is 9.90 Å². The number of benzene rings is 1. The summed E-state index contributed by atoms with van der Waals surface area (Å²) in [5.74, 6) is -0.0974. The average Bonchev–Trinajstić information content (AvgIpc) is 2.89. The fraction of sp³-hybridized carbons (Fsp3) is 0.308. The second kappa shape index (κ2) is 5.51. The lowest BCUT2D eigenvalue weighted by atomic mass is 10.3. The molecule has 0 aliphatic carbocycles. The van der Waals surface area contributed by atoms with E-state index in [1.165, 1.54) is 10.9 Å². The molecule has 6 nitrogen and oxygen atoms in total. The zero-order chi connectivity index (χ0) is 13.8. The molecule has 0 aliphatic heterocycles. The summed E-state index contributed by atoms with van der Waals surface area (Å²) in [6, 6.07) is 6.70. The van der Waals surface area contributed by atoms with E-state index in [4.69, 9.17) is 0 Å². The summed E-state index contributed by atoms with van der Waals surface area (Å²) in [5, 5.41) is 17.5. The molecule has 0 saturated carbocycles. The Morgan fingerprint density at radius 2 is 2.00 bits per heavy atom. The lowest BCUT2D eigenvalue weighted by Crippen LogP contribution is -2.32. The molecule has 0 saturated heterocycles. The Kier molecular flexibility index (Phi) is 3.79. The van der Waals surface area contributed by atoms with Gasteiger partial charge < -0.3 is 10.0 Å². The fourth-order valence-electron chi connectivity index (χ4n) is 1.87. The van der Waals surface area contributed by atoms with Gasteiger partial charge in [0.15, 0.2) is 5.69 Å². The van der Waals surface area contributed by atoms with Crippen molar-refractivity contribution in [1.29, 1.82) is 0 Å². The number of hydrogen-bond acceptors (Lipinski definition) is 4. The van der Waals surface area contributed by atoms with E-state index >= 15 is 0 Å². The van der Waals surface area contributed by atoms with Crippen LogP contribution in [0.4, 0.5) is 0 Å². The topological polar surface area (TPSA) is 71.2 Å². The van der Waals surface area contributed by atoms with Crippen LogP contribution < -0.4 is 0 Å². The first-order valence-corrected chi connectivity index (χ1v) is 6.17. The Morgan fingerprint density at radius 1 is 1.32 bits per heavy atom. The van der Waals surface area contributed by atoms with E-state index in [1.54, 1.807) is 29.2 Å². The highest BCUT2D eigenvalue weighted by Gasteiger charge is 2.20. The zero-order valence-corrected chi connectivity index (χ0v) is 10.9. The van der Waals surface area contributed by atoms with Crippen LogP contribution in [0.5, 0.6) is 5.75 Å². The first kappa shape index (κ1) is 13.1. The monoisotopic (exact) mass is 260 g/mol. The number of para-hydroxylation sites is 2. The van der Waals surface area contributed by atoms with Crippen LogP contribution in [0.1, 0.15) is 24.3 Å². The Morgan fingerprint density at radius 3 is 2.63 bits per heavy atom. The van der Waals surface area contributed by atoms with Gasteiger partial charge in [0, 0.05) is 13.1 Å². The first-order chi connectivity index (χ1) is 9.19. The first-order valence-electron chi connectivity index (χ1n) is 6.17. The van der Waals surface area contributed by atoms with Gasteiger partial charge in [-0.25, -0.2) is 4.68 Å². The highest BCUT2D eigenvalue weighted by atomic mass is 16.3. The molecule has 2 rings (SSSR count). The number of phenols is 1. The van der Waals surface area contributed by atoms with Gasteiger partial charge in [-0.2, -0.15) is 0 Å². The third-order valence-corrected chi connectivity index (χ3v) is 2.93. The molecule has 19 heavy (non-hydrogen) atoms. The third kappa shape index (κ3) is 2.42. The summed E-state index contributed by atoms with van der Waals surface area (Å²) < 4.78 is 1.36. The van der Waals surface area contributed by atoms with Crippen molar-refractivity contribution < 1.29 is 9.90 Å². The van der Waals surface area contributed by atoms with Gasteiger partial charge in [-0.1, -0.05) is 17.3 Å². The van der Waals surface area contributed by atoms with Crippen molar-refractivity contribution in [3.63, 3.8) is 0 Å². The lowest BCUT2D eigenvalue weighted by molar-refractivity contribution is 0.0764. The molecule has 0 fully saturated rings. The molecule has 100 valence electrons. The Hall–Kier alpha value is -2.37. The van der Waals surface area contributed by atoms with Gasteiger partial charge in [0.2, 0.25) is 0 Å². The van der Waals surface area contributed by atoms with Crippen LogP contribution in [0.2, 0.25) is 0 Å². The van der Waals surface area contributed by atoms with Gasteiger partial charge in [0.05, 0.1) is 6.20 Å². The smallest absolute Gasteiger partial charge is 0.274 e. The quantitative estimate of drug-likeness (QED) is 0.903. The van der Waals surface area contributed by atoms with Crippen molar-refractivity contribution in [3.8, 4) is 11.4 Å². The minimum Gasteiger partial charge on any atom is -0.506 e. The molecule has 1 aromatic carbocycles. The predicted octanol–water partition coefficient (Wildman–Crippen LogP) is 1.45. The summed E-state index contributed by atoms with van der Waals surface area (Å²) in [7, 11) is 0. The summed E-state index contributed by atoms with van der Waals surface area (Å²) in [4.78, 5) is 14.0. The van der Waals surface area contributed by atoms with Crippen LogP contribution in [-0.4, -0.2) is 44.0 Å². The SMILES string of the molecule is CCN(CC)C(=O)c1cnnn1-c1ccccc1O. The number of nitrogens with zero attached hydrogens (tertiary/aromatic N) is 4. The molecule has 1 aromatic heterocycles. The maximum Gasteiger partial charge on any atom is 0.274 e. The van der Waals surface area contributed by atoms with E-state index in [2.05, 4.69) is 10.3 Å². The van der Waals surface area contributed by atoms with Gasteiger partial charge in [0.1, 0.15) is 11.4 Å². The number of carbonyl (C=O) groups excluding carboxylic acids is 1. The zero-order valence-electron chi connectivity index (χ0n) is 10.9. The van der Waals surface area contributed by atoms with E-state index < -0.39 is 0 Å². The van der Waals surface area contributed by atoms with Crippen molar-refractivity contribution in [2.45, 2.75) is 13.8 Å². The molecule has 1 N–H and O–H groups in total. The minimum atomic E-state index is -0.154. The van der Waals surface area contributed by atoms with Crippen molar-refractivity contribution >= 4 is 5.91 Å². The van der Waals surface area contributed by atoms with Crippen LogP contribution >= 0.6 is 0 Å². The Bertz CT molecular complexity index is 576. The molecule has 0 spiro atoms. The Labute approximate surface area is 111 Å². The van der Waals surface area contributed by atoms with Crippen LogP contribution in [0.3, 0.4) is 0 Å². The summed E-state index contributed by atoms with van der Waals surface area (Å²) in [6.45, 7) is 5.05.